The molecule has 0 saturated heterocycles. The minimum absolute atomic E-state index is 0.0218. The Bertz CT molecular complexity index is 2440. The smallest absolute Gasteiger partial charge is 0.332 e. The summed E-state index contributed by atoms with van der Waals surface area (Å²) in [6, 6.07) is 32.9. The number of hydrogen-bond acceptors (Lipinski definition) is 4. The lowest BCUT2D eigenvalue weighted by Gasteiger charge is -2.14. The molecule has 0 unspecified atom stereocenters. The molecule has 232 valence electrons. The Kier molecular flexibility index (Phi) is 7.48. The van der Waals surface area contributed by atoms with Crippen LogP contribution in [0.15, 0.2) is 102 Å². The van der Waals surface area contributed by atoms with Crippen molar-refractivity contribution in [3.63, 3.8) is 0 Å². The topological polar surface area (TPSA) is 60.7 Å². The van der Waals surface area contributed by atoms with Gasteiger partial charge < -0.3 is 9.40 Å². The van der Waals surface area contributed by atoms with E-state index in [0.29, 0.717) is 11.3 Å². The summed E-state index contributed by atoms with van der Waals surface area (Å²) in [5.41, 5.74) is 10.0. The van der Waals surface area contributed by atoms with Crippen LogP contribution in [0.3, 0.4) is 0 Å². The molecule has 0 atom stereocenters. The molecule has 0 spiro atoms. The molecule has 0 amide bonds. The summed E-state index contributed by atoms with van der Waals surface area (Å²) in [6.07, 6.45) is 0. The number of fused-ring (bicyclic) bond motifs is 7. The van der Waals surface area contributed by atoms with Gasteiger partial charge >= 0.3 is 5.97 Å². The summed E-state index contributed by atoms with van der Waals surface area (Å²) in [4.78, 5) is 31.9. The number of carbonyl (C=O) groups excluding carboxylic acids is 2. The van der Waals surface area contributed by atoms with Gasteiger partial charge in [-0.15, -0.1) is 0 Å². The third-order valence-electron chi connectivity index (χ3n) is 9.25. The molecule has 7 rings (SSSR count). The number of carbonyl (C=O) groups is 2. The number of ketones is 1. The van der Waals surface area contributed by atoms with Crippen molar-refractivity contribution in [2.24, 2.45) is 5.16 Å². The molecule has 1 aromatic heterocycles. The molecule has 7 aromatic rings. The van der Waals surface area contributed by atoms with E-state index < -0.39 is 5.97 Å². The van der Waals surface area contributed by atoms with Crippen molar-refractivity contribution in [3.8, 4) is 0 Å². The number of hydrogen-bond donors (Lipinski definition) is 0. The number of aryl methyl sites for hydroxylation is 5. The van der Waals surface area contributed by atoms with E-state index >= 15 is 0 Å². The average molecular weight is 617 g/mol. The third-order valence-corrected chi connectivity index (χ3v) is 9.25. The Morgan fingerprint density at radius 3 is 1.68 bits per heavy atom. The Hall–Kier alpha value is -5.55. The lowest BCUT2D eigenvalue weighted by molar-refractivity contribution is -0.140. The number of oxime groups is 1. The largest absolute Gasteiger partial charge is 0.340 e. The van der Waals surface area contributed by atoms with Crippen LogP contribution >= 0.6 is 0 Å². The van der Waals surface area contributed by atoms with Crippen LogP contribution in [-0.4, -0.2) is 22.0 Å². The molecule has 0 fully saturated rings. The quantitative estimate of drug-likeness (QED) is 0.0809. The first-order valence-electron chi connectivity index (χ1n) is 16.0. The number of rotatable bonds is 6. The molecule has 5 nitrogen and oxygen atoms in total. The van der Waals surface area contributed by atoms with Gasteiger partial charge in [0.05, 0.1) is 11.0 Å². The fraction of sp³-hybridized carbons (Fsp3) is 0.167. The zero-order chi connectivity index (χ0) is 33.0. The molecule has 0 bridgehead atoms. The van der Waals surface area contributed by atoms with Gasteiger partial charge in [-0.2, -0.15) is 0 Å². The fourth-order valence-corrected chi connectivity index (χ4v) is 7.39. The maximum atomic E-state index is 14.6. The van der Waals surface area contributed by atoms with Crippen molar-refractivity contribution in [1.82, 2.24) is 4.57 Å². The predicted molar refractivity (Wildman–Crippen MR) is 193 cm³/mol. The van der Waals surface area contributed by atoms with Crippen LogP contribution in [-0.2, 0) is 16.2 Å². The standard InChI is InChI=1S/C42H36N2O3/c1-7-44-40-32-18-12-10-16-30(32)34(39(43-47-28(6)45)29-15-9-8-14-25(29)3)22-35(40)36-23-37(31-17-11-13-19-33(31)41(36)44)42(46)38-26(4)20-24(2)21-27(38)5/h8-23H,7H2,1-6H3/b43-39+. The van der Waals surface area contributed by atoms with Crippen LogP contribution in [0.25, 0.3) is 43.4 Å². The fourth-order valence-electron chi connectivity index (χ4n) is 7.39. The number of aromatic nitrogens is 1. The molecule has 0 saturated carbocycles. The highest BCUT2D eigenvalue weighted by molar-refractivity contribution is 6.31. The minimum atomic E-state index is -0.486. The average Bonchev–Trinajstić information content (AvgIpc) is 3.38. The van der Waals surface area contributed by atoms with E-state index in [1.54, 1.807) is 0 Å². The Morgan fingerprint density at radius 1 is 0.617 bits per heavy atom. The number of benzene rings is 6. The van der Waals surface area contributed by atoms with Gasteiger partial charge in [0.15, 0.2) is 5.78 Å². The monoisotopic (exact) mass is 616 g/mol. The molecule has 1 heterocycles. The highest BCUT2D eigenvalue weighted by Gasteiger charge is 2.25. The van der Waals surface area contributed by atoms with Gasteiger partial charge in [-0.25, -0.2) is 4.79 Å². The Morgan fingerprint density at radius 2 is 1.13 bits per heavy atom. The molecule has 0 radical (unpaired) electrons. The highest BCUT2D eigenvalue weighted by Crippen LogP contribution is 2.41. The first kappa shape index (κ1) is 30.1. The summed E-state index contributed by atoms with van der Waals surface area (Å²) < 4.78 is 2.37. The first-order valence-corrected chi connectivity index (χ1v) is 16.0. The van der Waals surface area contributed by atoms with E-state index in [2.05, 4.69) is 78.2 Å². The van der Waals surface area contributed by atoms with Gasteiger partial charge in [0.2, 0.25) is 0 Å². The lowest BCUT2D eigenvalue weighted by Crippen LogP contribution is -2.09. The van der Waals surface area contributed by atoms with Crippen LogP contribution in [0.5, 0.6) is 0 Å². The normalized spacial score (nSPS) is 12.0. The van der Waals surface area contributed by atoms with Gasteiger partial charge in [-0.1, -0.05) is 95.6 Å². The summed E-state index contributed by atoms with van der Waals surface area (Å²) in [5.74, 6) is -0.464. The molecule has 6 aromatic carbocycles. The van der Waals surface area contributed by atoms with Crippen molar-refractivity contribution < 1.29 is 14.4 Å². The molecule has 0 N–H and O–H groups in total. The summed E-state index contributed by atoms with van der Waals surface area (Å²) in [5, 5.41) is 10.5. The van der Waals surface area contributed by atoms with Crippen LogP contribution in [0, 0.1) is 27.7 Å². The first-order chi connectivity index (χ1) is 22.7. The zero-order valence-corrected chi connectivity index (χ0v) is 27.6. The summed E-state index contributed by atoms with van der Waals surface area (Å²) in [7, 11) is 0. The van der Waals surface area contributed by atoms with Gasteiger partial charge in [0.25, 0.3) is 0 Å². The van der Waals surface area contributed by atoms with E-state index in [9.17, 15) is 9.59 Å². The Labute approximate surface area is 274 Å². The van der Waals surface area contributed by atoms with Gasteiger partial charge in [0, 0.05) is 57.3 Å². The van der Waals surface area contributed by atoms with Crippen LogP contribution in [0.2, 0.25) is 0 Å². The minimum Gasteiger partial charge on any atom is -0.340 e. The molecule has 47 heavy (non-hydrogen) atoms. The molecule has 0 aliphatic rings. The number of nitrogens with zero attached hydrogens (tertiary/aromatic N) is 2. The maximum absolute atomic E-state index is 14.6. The maximum Gasteiger partial charge on any atom is 0.332 e. The van der Waals surface area contributed by atoms with E-state index in [-0.39, 0.29) is 5.78 Å². The van der Waals surface area contributed by atoms with Crippen LogP contribution in [0.1, 0.15) is 63.1 Å². The van der Waals surface area contributed by atoms with Crippen LogP contribution < -0.4 is 0 Å². The second-order valence-corrected chi connectivity index (χ2v) is 12.4. The molecule has 5 heteroatoms. The van der Waals surface area contributed by atoms with Gasteiger partial charge in [0.1, 0.15) is 5.71 Å². The molecular formula is C42H36N2O3. The van der Waals surface area contributed by atoms with E-state index in [1.807, 2.05) is 63.2 Å². The predicted octanol–water partition coefficient (Wildman–Crippen LogP) is 9.90. The van der Waals surface area contributed by atoms with Gasteiger partial charge in [-0.05, 0) is 74.2 Å². The van der Waals surface area contributed by atoms with E-state index in [0.717, 1.165) is 88.8 Å². The van der Waals surface area contributed by atoms with Gasteiger partial charge in [-0.3, -0.25) is 4.79 Å². The molecule has 0 aliphatic heterocycles. The molecule has 0 aliphatic carbocycles. The summed E-state index contributed by atoms with van der Waals surface area (Å²) in [6.45, 7) is 12.4. The van der Waals surface area contributed by atoms with Crippen molar-refractivity contribution >= 4 is 60.8 Å². The van der Waals surface area contributed by atoms with Crippen LogP contribution in [0.4, 0.5) is 0 Å². The second kappa shape index (κ2) is 11.7. The highest BCUT2D eigenvalue weighted by atomic mass is 16.7. The van der Waals surface area contributed by atoms with Crippen molar-refractivity contribution in [2.75, 3.05) is 0 Å². The third kappa shape index (κ3) is 4.90. The zero-order valence-electron chi connectivity index (χ0n) is 27.6. The molecular weight excluding hydrogens is 580 g/mol. The summed E-state index contributed by atoms with van der Waals surface area (Å²) >= 11 is 0. The SMILES string of the molecule is CCn1c2c3ccccc3c(C(=O)c3c(C)cc(C)cc3C)cc2c2cc(/C(=N/OC(C)=O)c3ccccc3C)c3ccccc3c21. The van der Waals surface area contributed by atoms with E-state index in [1.165, 1.54) is 6.92 Å². The van der Waals surface area contributed by atoms with E-state index in [4.69, 9.17) is 4.84 Å². The second-order valence-electron chi connectivity index (χ2n) is 12.4. The van der Waals surface area contributed by atoms with Crippen molar-refractivity contribution in [1.29, 1.82) is 0 Å². The van der Waals surface area contributed by atoms with Crippen molar-refractivity contribution in [2.45, 2.75) is 48.1 Å². The lowest BCUT2D eigenvalue weighted by atomic mass is 9.89. The Balaban J connectivity index is 1.64. The van der Waals surface area contributed by atoms with Crippen molar-refractivity contribution in [3.05, 3.63) is 142 Å².